The molecule has 126 valence electrons. The van der Waals surface area contributed by atoms with Crippen LogP contribution in [0.3, 0.4) is 0 Å². The highest BCUT2D eigenvalue weighted by Gasteiger charge is 2.28. The lowest BCUT2D eigenvalue weighted by Gasteiger charge is -2.33. The first kappa shape index (κ1) is 16.2. The summed E-state index contributed by atoms with van der Waals surface area (Å²) in [6.45, 7) is 5.67. The van der Waals surface area contributed by atoms with Gasteiger partial charge in [-0.1, -0.05) is 19.3 Å². The normalized spacial score (nSPS) is 22.9. The van der Waals surface area contributed by atoms with E-state index in [0.29, 0.717) is 6.04 Å². The van der Waals surface area contributed by atoms with Gasteiger partial charge in [0, 0.05) is 30.5 Å². The second-order valence-corrected chi connectivity index (χ2v) is 7.08. The molecule has 3 rings (SSSR count). The molecule has 0 unspecified atom stereocenters. The van der Waals surface area contributed by atoms with E-state index in [1.807, 2.05) is 19.9 Å². The number of piperidine rings is 1. The fourth-order valence-corrected chi connectivity index (χ4v) is 3.79. The molecule has 2 aliphatic rings. The topological polar surface area (TPSA) is 58.1 Å². The van der Waals surface area contributed by atoms with Crippen molar-refractivity contribution in [3.05, 3.63) is 17.5 Å². The van der Waals surface area contributed by atoms with Crippen LogP contribution >= 0.6 is 0 Å². The fraction of sp³-hybridized carbons (Fsp3) is 0.722. The van der Waals surface area contributed by atoms with Gasteiger partial charge in [0.15, 0.2) is 0 Å². The Morgan fingerprint density at radius 1 is 1.09 bits per heavy atom. The number of anilines is 1. The lowest BCUT2D eigenvalue weighted by atomic mass is 9.93. The Morgan fingerprint density at radius 3 is 2.48 bits per heavy atom. The first-order valence-electron chi connectivity index (χ1n) is 8.99. The van der Waals surface area contributed by atoms with Gasteiger partial charge in [0.2, 0.25) is 11.9 Å². The molecule has 5 nitrogen and oxygen atoms in total. The van der Waals surface area contributed by atoms with Crippen LogP contribution < -0.4 is 10.2 Å². The predicted octanol–water partition coefficient (Wildman–Crippen LogP) is 2.76. The molecule has 1 atom stereocenters. The largest absolute Gasteiger partial charge is 0.353 e. The summed E-state index contributed by atoms with van der Waals surface area (Å²) in [5.41, 5.74) is 1.97. The third kappa shape index (κ3) is 4.21. The van der Waals surface area contributed by atoms with Crippen molar-refractivity contribution in [2.24, 2.45) is 5.92 Å². The first-order chi connectivity index (χ1) is 11.1. The third-order valence-electron chi connectivity index (χ3n) is 5.00. The van der Waals surface area contributed by atoms with E-state index >= 15 is 0 Å². The molecule has 1 aliphatic heterocycles. The van der Waals surface area contributed by atoms with Crippen LogP contribution in [0.15, 0.2) is 6.07 Å². The van der Waals surface area contributed by atoms with Crippen LogP contribution in [-0.2, 0) is 4.79 Å². The van der Waals surface area contributed by atoms with Crippen LogP contribution in [0.25, 0.3) is 0 Å². The van der Waals surface area contributed by atoms with Crippen LogP contribution in [0.2, 0.25) is 0 Å². The molecule has 1 aromatic rings. The molecule has 0 spiro atoms. The first-order valence-corrected chi connectivity index (χ1v) is 8.99. The maximum Gasteiger partial charge on any atom is 0.225 e. The van der Waals surface area contributed by atoms with Crippen molar-refractivity contribution in [3.8, 4) is 0 Å². The minimum absolute atomic E-state index is 0.0649. The minimum atomic E-state index is 0.0649. The summed E-state index contributed by atoms with van der Waals surface area (Å²) >= 11 is 0. The van der Waals surface area contributed by atoms with Gasteiger partial charge in [-0.25, -0.2) is 9.97 Å². The summed E-state index contributed by atoms with van der Waals surface area (Å²) in [6.07, 6.45) is 8.09. The second kappa shape index (κ2) is 7.28. The zero-order valence-corrected chi connectivity index (χ0v) is 14.3. The van der Waals surface area contributed by atoms with E-state index < -0.39 is 0 Å². The van der Waals surface area contributed by atoms with E-state index in [2.05, 4.69) is 20.2 Å². The monoisotopic (exact) mass is 316 g/mol. The molecular formula is C18H28N4O. The zero-order chi connectivity index (χ0) is 16.2. The number of carbonyl (C=O) groups is 1. The summed E-state index contributed by atoms with van der Waals surface area (Å²) in [6, 6.07) is 2.38. The average molecular weight is 316 g/mol. The molecule has 1 aliphatic carbocycles. The number of aromatic nitrogens is 2. The molecule has 2 heterocycles. The van der Waals surface area contributed by atoms with Crippen molar-refractivity contribution in [2.45, 2.75) is 64.8 Å². The molecule has 1 saturated heterocycles. The van der Waals surface area contributed by atoms with Gasteiger partial charge < -0.3 is 10.2 Å². The highest BCUT2D eigenvalue weighted by atomic mass is 16.2. The van der Waals surface area contributed by atoms with Gasteiger partial charge in [-0.15, -0.1) is 0 Å². The summed E-state index contributed by atoms with van der Waals surface area (Å²) in [4.78, 5) is 23.9. The quantitative estimate of drug-likeness (QED) is 0.931. The molecule has 2 fully saturated rings. The van der Waals surface area contributed by atoms with Crippen LogP contribution in [0.5, 0.6) is 0 Å². The van der Waals surface area contributed by atoms with Gasteiger partial charge in [-0.3, -0.25) is 4.79 Å². The van der Waals surface area contributed by atoms with Crippen LogP contribution in [-0.4, -0.2) is 35.0 Å². The molecular weight excluding hydrogens is 288 g/mol. The number of amides is 1. The van der Waals surface area contributed by atoms with E-state index in [0.717, 1.165) is 56.1 Å². The van der Waals surface area contributed by atoms with Crippen molar-refractivity contribution in [1.82, 2.24) is 15.3 Å². The Kier molecular flexibility index (Phi) is 5.13. The van der Waals surface area contributed by atoms with Crippen molar-refractivity contribution in [1.29, 1.82) is 0 Å². The molecule has 1 aromatic heterocycles. The van der Waals surface area contributed by atoms with Gasteiger partial charge in [0.25, 0.3) is 0 Å². The Balaban J connectivity index is 1.62. The number of nitrogens with one attached hydrogen (secondary N) is 1. The van der Waals surface area contributed by atoms with Crippen molar-refractivity contribution >= 4 is 11.9 Å². The Morgan fingerprint density at radius 2 is 1.78 bits per heavy atom. The van der Waals surface area contributed by atoms with Gasteiger partial charge in [0.1, 0.15) is 0 Å². The van der Waals surface area contributed by atoms with Crippen molar-refractivity contribution < 1.29 is 4.79 Å². The van der Waals surface area contributed by atoms with Crippen LogP contribution in [0.4, 0.5) is 5.95 Å². The molecule has 1 saturated carbocycles. The number of rotatable bonds is 3. The van der Waals surface area contributed by atoms with Gasteiger partial charge >= 0.3 is 0 Å². The van der Waals surface area contributed by atoms with E-state index in [4.69, 9.17) is 0 Å². The molecule has 1 amide bonds. The van der Waals surface area contributed by atoms with E-state index in [9.17, 15) is 4.79 Å². The second-order valence-electron chi connectivity index (χ2n) is 7.08. The van der Waals surface area contributed by atoms with Gasteiger partial charge in [-0.05, 0) is 45.6 Å². The summed E-state index contributed by atoms with van der Waals surface area (Å²) < 4.78 is 0. The maximum atomic E-state index is 12.6. The average Bonchev–Trinajstić information content (AvgIpc) is 2.55. The number of hydrogen-bond donors (Lipinski definition) is 1. The molecule has 5 heteroatoms. The van der Waals surface area contributed by atoms with E-state index in [-0.39, 0.29) is 11.8 Å². The molecule has 0 aromatic carbocycles. The number of aryl methyl sites for hydroxylation is 2. The van der Waals surface area contributed by atoms with Crippen molar-refractivity contribution in [2.75, 3.05) is 18.0 Å². The Bertz CT molecular complexity index is 534. The zero-order valence-electron chi connectivity index (χ0n) is 14.3. The Hall–Kier alpha value is -1.65. The predicted molar refractivity (Wildman–Crippen MR) is 91.5 cm³/mol. The van der Waals surface area contributed by atoms with E-state index in [1.165, 1.54) is 19.3 Å². The fourth-order valence-electron chi connectivity index (χ4n) is 3.79. The SMILES string of the molecule is Cc1cc(C)nc(N2CCC[C@@H](C(=O)NC3CCCCC3)C2)n1. The molecule has 0 bridgehead atoms. The lowest BCUT2D eigenvalue weighted by molar-refractivity contribution is -0.126. The maximum absolute atomic E-state index is 12.6. The number of nitrogens with zero attached hydrogens (tertiary/aromatic N) is 3. The number of hydrogen-bond acceptors (Lipinski definition) is 4. The molecule has 1 N–H and O–H groups in total. The van der Waals surface area contributed by atoms with E-state index in [1.54, 1.807) is 0 Å². The summed E-state index contributed by atoms with van der Waals surface area (Å²) in [5, 5.41) is 3.28. The third-order valence-corrected chi connectivity index (χ3v) is 5.00. The highest BCUT2D eigenvalue weighted by Crippen LogP contribution is 2.23. The molecule has 23 heavy (non-hydrogen) atoms. The van der Waals surface area contributed by atoms with Crippen LogP contribution in [0, 0.1) is 19.8 Å². The smallest absolute Gasteiger partial charge is 0.225 e. The standard InChI is InChI=1S/C18H28N4O/c1-13-11-14(2)20-18(19-13)22-10-6-7-15(12-22)17(23)21-16-8-4-3-5-9-16/h11,15-16H,3-10,12H2,1-2H3,(H,21,23)/t15-/m1/s1. The minimum Gasteiger partial charge on any atom is -0.353 e. The van der Waals surface area contributed by atoms with Crippen LogP contribution in [0.1, 0.15) is 56.3 Å². The number of carbonyl (C=O) groups excluding carboxylic acids is 1. The highest BCUT2D eigenvalue weighted by molar-refractivity contribution is 5.79. The van der Waals surface area contributed by atoms with Gasteiger partial charge in [0.05, 0.1) is 5.92 Å². The molecule has 0 radical (unpaired) electrons. The Labute approximate surface area is 138 Å². The van der Waals surface area contributed by atoms with Gasteiger partial charge in [-0.2, -0.15) is 0 Å². The lowest BCUT2D eigenvalue weighted by Crippen LogP contribution is -2.46. The summed E-state index contributed by atoms with van der Waals surface area (Å²) in [5.74, 6) is 1.07. The van der Waals surface area contributed by atoms with Crippen molar-refractivity contribution in [3.63, 3.8) is 0 Å². The summed E-state index contributed by atoms with van der Waals surface area (Å²) in [7, 11) is 0.